The Labute approximate surface area is 135 Å². The van der Waals surface area contributed by atoms with Crippen molar-refractivity contribution in [1.29, 1.82) is 0 Å². The summed E-state index contributed by atoms with van der Waals surface area (Å²) < 4.78 is 12.9. The number of carbonyl (C=O) groups excluding carboxylic acids is 1. The molecule has 22 heavy (non-hydrogen) atoms. The van der Waals surface area contributed by atoms with E-state index >= 15 is 0 Å². The van der Waals surface area contributed by atoms with Crippen molar-refractivity contribution in [2.75, 3.05) is 5.75 Å². The maximum absolute atomic E-state index is 12.9. The lowest BCUT2D eigenvalue weighted by molar-refractivity contribution is -0.121. The smallest absolute Gasteiger partial charge is 0.221 e. The Kier molecular flexibility index (Phi) is 6.01. The fourth-order valence-electron chi connectivity index (χ4n) is 2.04. The van der Waals surface area contributed by atoms with E-state index in [0.717, 1.165) is 11.3 Å². The summed E-state index contributed by atoms with van der Waals surface area (Å²) in [6, 6.07) is 14.4. The monoisotopic (exact) mass is 317 g/mol. The molecule has 0 aliphatic heterocycles. The minimum atomic E-state index is -0.267. The second-order valence-electron chi connectivity index (χ2n) is 5.25. The van der Waals surface area contributed by atoms with Crippen LogP contribution < -0.4 is 5.32 Å². The number of thioether (sulfide) groups is 1. The molecule has 1 N–H and O–H groups in total. The third kappa shape index (κ3) is 5.19. The van der Waals surface area contributed by atoms with Gasteiger partial charge in [-0.2, -0.15) is 0 Å². The zero-order valence-electron chi connectivity index (χ0n) is 12.8. The molecular weight excluding hydrogens is 297 g/mol. The van der Waals surface area contributed by atoms with Crippen LogP contribution in [0.3, 0.4) is 0 Å². The van der Waals surface area contributed by atoms with Crippen molar-refractivity contribution in [3.05, 3.63) is 65.5 Å². The average Bonchev–Trinajstić information content (AvgIpc) is 2.50. The van der Waals surface area contributed by atoms with E-state index in [2.05, 4.69) is 36.5 Å². The Morgan fingerprint density at radius 1 is 1.14 bits per heavy atom. The Hall–Kier alpha value is -1.81. The van der Waals surface area contributed by atoms with Gasteiger partial charge in [0, 0.05) is 17.1 Å². The Morgan fingerprint density at radius 2 is 1.77 bits per heavy atom. The highest BCUT2D eigenvalue weighted by molar-refractivity contribution is 7.99. The maximum Gasteiger partial charge on any atom is 0.221 e. The minimum absolute atomic E-state index is 0.0106. The fraction of sp³-hybridized carbons (Fsp3) is 0.278. The first-order valence-corrected chi connectivity index (χ1v) is 8.27. The summed E-state index contributed by atoms with van der Waals surface area (Å²) in [5.74, 6) is 0.485. The van der Waals surface area contributed by atoms with Crippen molar-refractivity contribution in [1.82, 2.24) is 5.32 Å². The van der Waals surface area contributed by atoms with Gasteiger partial charge in [0.25, 0.3) is 0 Å². The number of nitrogens with one attached hydrogen (secondary N) is 1. The molecule has 2 aromatic rings. The molecule has 1 amide bonds. The number of rotatable bonds is 6. The molecule has 0 spiro atoms. The Bertz CT molecular complexity index is 610. The van der Waals surface area contributed by atoms with Crippen molar-refractivity contribution in [2.24, 2.45) is 0 Å². The summed E-state index contributed by atoms with van der Waals surface area (Å²) in [6.45, 7) is 3.96. The summed E-state index contributed by atoms with van der Waals surface area (Å²) in [5, 5.41) is 2.94. The van der Waals surface area contributed by atoms with Gasteiger partial charge < -0.3 is 5.32 Å². The van der Waals surface area contributed by atoms with E-state index in [1.807, 2.05) is 6.92 Å². The molecule has 0 unspecified atom stereocenters. The summed E-state index contributed by atoms with van der Waals surface area (Å²) in [6.07, 6.45) is 0.462. The van der Waals surface area contributed by atoms with Gasteiger partial charge in [0.05, 0.1) is 6.04 Å². The average molecular weight is 317 g/mol. The lowest BCUT2D eigenvalue weighted by Gasteiger charge is -2.14. The summed E-state index contributed by atoms with van der Waals surface area (Å²) >= 11 is 1.67. The number of carbonyl (C=O) groups is 1. The highest BCUT2D eigenvalue weighted by Gasteiger charge is 2.09. The van der Waals surface area contributed by atoms with Gasteiger partial charge in [0.15, 0.2) is 0 Å². The standard InChI is InChI=1S/C18H20FNOS/c1-13-3-9-17(10-4-13)22-12-11-18(21)20-14(2)15-5-7-16(19)8-6-15/h3-10,14H,11-12H2,1-2H3,(H,20,21)/t14-/m0/s1. The molecule has 1 atom stereocenters. The molecule has 0 saturated heterocycles. The number of hydrogen-bond donors (Lipinski definition) is 1. The minimum Gasteiger partial charge on any atom is -0.350 e. The Balaban J connectivity index is 1.75. The highest BCUT2D eigenvalue weighted by Crippen LogP contribution is 2.19. The molecule has 0 heterocycles. The van der Waals surface area contributed by atoms with E-state index < -0.39 is 0 Å². The first-order valence-electron chi connectivity index (χ1n) is 7.29. The van der Waals surface area contributed by atoms with Crippen molar-refractivity contribution >= 4 is 17.7 Å². The molecule has 4 heteroatoms. The number of amides is 1. The summed E-state index contributed by atoms with van der Waals surface area (Å²) in [4.78, 5) is 13.1. The third-order valence-corrected chi connectivity index (χ3v) is 4.38. The first-order chi connectivity index (χ1) is 10.5. The van der Waals surface area contributed by atoms with Crippen LogP contribution in [0.1, 0.15) is 30.5 Å². The molecule has 0 bridgehead atoms. The molecule has 2 aromatic carbocycles. The predicted octanol–water partition coefficient (Wildman–Crippen LogP) is 4.49. The number of benzene rings is 2. The van der Waals surface area contributed by atoms with Gasteiger partial charge in [0.2, 0.25) is 5.91 Å². The molecule has 116 valence electrons. The van der Waals surface area contributed by atoms with E-state index in [-0.39, 0.29) is 17.8 Å². The van der Waals surface area contributed by atoms with E-state index in [1.165, 1.54) is 22.6 Å². The Morgan fingerprint density at radius 3 is 2.41 bits per heavy atom. The maximum atomic E-state index is 12.9. The fourth-order valence-corrected chi connectivity index (χ4v) is 2.90. The van der Waals surface area contributed by atoms with Gasteiger partial charge in [-0.3, -0.25) is 4.79 Å². The zero-order chi connectivity index (χ0) is 15.9. The van der Waals surface area contributed by atoms with Gasteiger partial charge in [-0.1, -0.05) is 29.8 Å². The van der Waals surface area contributed by atoms with Crippen molar-refractivity contribution in [3.63, 3.8) is 0 Å². The molecular formula is C18H20FNOS. The zero-order valence-corrected chi connectivity index (χ0v) is 13.6. The number of hydrogen-bond acceptors (Lipinski definition) is 2. The van der Waals surface area contributed by atoms with Crippen LogP contribution in [-0.4, -0.2) is 11.7 Å². The van der Waals surface area contributed by atoms with Crippen LogP contribution in [0.2, 0.25) is 0 Å². The van der Waals surface area contributed by atoms with Crippen molar-refractivity contribution in [3.8, 4) is 0 Å². The van der Waals surface area contributed by atoms with E-state index in [9.17, 15) is 9.18 Å². The third-order valence-electron chi connectivity index (χ3n) is 3.37. The van der Waals surface area contributed by atoms with Crippen LogP contribution >= 0.6 is 11.8 Å². The first kappa shape index (κ1) is 16.6. The van der Waals surface area contributed by atoms with E-state index in [0.29, 0.717) is 6.42 Å². The molecule has 0 radical (unpaired) electrons. The SMILES string of the molecule is Cc1ccc(SCCC(=O)N[C@@H](C)c2ccc(F)cc2)cc1. The van der Waals surface area contributed by atoms with Gasteiger partial charge in [-0.15, -0.1) is 11.8 Å². The van der Waals surface area contributed by atoms with Gasteiger partial charge >= 0.3 is 0 Å². The molecule has 0 saturated carbocycles. The molecule has 2 rings (SSSR count). The van der Waals surface area contributed by atoms with Gasteiger partial charge in [-0.05, 0) is 43.7 Å². The second-order valence-corrected chi connectivity index (χ2v) is 6.42. The van der Waals surface area contributed by atoms with Crippen molar-refractivity contribution < 1.29 is 9.18 Å². The van der Waals surface area contributed by atoms with Gasteiger partial charge in [0.1, 0.15) is 5.82 Å². The molecule has 0 fully saturated rings. The van der Waals surface area contributed by atoms with Crippen LogP contribution in [0.5, 0.6) is 0 Å². The lowest BCUT2D eigenvalue weighted by atomic mass is 10.1. The molecule has 0 aliphatic rings. The summed E-state index contributed by atoms with van der Waals surface area (Å²) in [7, 11) is 0. The summed E-state index contributed by atoms with van der Waals surface area (Å²) in [5.41, 5.74) is 2.14. The second kappa shape index (κ2) is 7.99. The highest BCUT2D eigenvalue weighted by atomic mass is 32.2. The molecule has 2 nitrogen and oxygen atoms in total. The number of aryl methyl sites for hydroxylation is 1. The van der Waals surface area contributed by atoms with Crippen molar-refractivity contribution in [2.45, 2.75) is 31.2 Å². The quantitative estimate of drug-likeness (QED) is 0.795. The van der Waals surface area contributed by atoms with E-state index in [4.69, 9.17) is 0 Å². The van der Waals surface area contributed by atoms with Crippen LogP contribution in [0.4, 0.5) is 4.39 Å². The number of halogens is 1. The van der Waals surface area contributed by atoms with Crippen LogP contribution in [0.15, 0.2) is 53.4 Å². The van der Waals surface area contributed by atoms with Crippen LogP contribution in [0.25, 0.3) is 0 Å². The van der Waals surface area contributed by atoms with E-state index in [1.54, 1.807) is 23.9 Å². The molecule has 0 aromatic heterocycles. The lowest BCUT2D eigenvalue weighted by Crippen LogP contribution is -2.26. The predicted molar refractivity (Wildman–Crippen MR) is 89.5 cm³/mol. The largest absolute Gasteiger partial charge is 0.350 e. The normalized spacial score (nSPS) is 12.0. The van der Waals surface area contributed by atoms with Crippen LogP contribution in [0, 0.1) is 12.7 Å². The van der Waals surface area contributed by atoms with Crippen LogP contribution in [-0.2, 0) is 4.79 Å². The topological polar surface area (TPSA) is 29.1 Å². The molecule has 0 aliphatic carbocycles. The van der Waals surface area contributed by atoms with Gasteiger partial charge in [-0.25, -0.2) is 4.39 Å².